The van der Waals surface area contributed by atoms with Gasteiger partial charge in [0.25, 0.3) is 0 Å². The van der Waals surface area contributed by atoms with Crippen LogP contribution in [0.4, 0.5) is 5.82 Å². The maximum absolute atomic E-state index is 9.18. The average molecular weight is 285 g/mol. The molecule has 106 valence electrons. The van der Waals surface area contributed by atoms with Crippen molar-refractivity contribution >= 4 is 18.2 Å². The lowest BCUT2D eigenvalue weighted by Gasteiger charge is -2.35. The van der Waals surface area contributed by atoms with Gasteiger partial charge in [0.15, 0.2) is 5.82 Å². The number of anilines is 1. The summed E-state index contributed by atoms with van der Waals surface area (Å²) < 4.78 is 0. The van der Waals surface area contributed by atoms with Crippen molar-refractivity contribution in [2.75, 3.05) is 37.7 Å². The fourth-order valence-corrected chi connectivity index (χ4v) is 2.68. The Bertz CT molecular complexity index is 405. The molecule has 0 amide bonds. The zero-order valence-electron chi connectivity index (χ0n) is 11.0. The van der Waals surface area contributed by atoms with Gasteiger partial charge in [0.05, 0.1) is 5.69 Å². The molecule has 3 heterocycles. The minimum atomic E-state index is 0. The second-order valence-electron chi connectivity index (χ2n) is 5.23. The molecule has 1 aromatic rings. The molecule has 0 saturated carbocycles. The lowest BCUT2D eigenvalue weighted by Crippen LogP contribution is -2.42. The number of aliphatic hydroxyl groups is 1. The maximum atomic E-state index is 9.18. The number of nitrogens with zero attached hydrogens (tertiary/aromatic N) is 3. The lowest BCUT2D eigenvalue weighted by atomic mass is 9.95. The van der Waals surface area contributed by atoms with E-state index in [-0.39, 0.29) is 12.4 Å². The van der Waals surface area contributed by atoms with Crippen LogP contribution in [-0.2, 0) is 0 Å². The van der Waals surface area contributed by atoms with E-state index in [2.05, 4.69) is 20.2 Å². The van der Waals surface area contributed by atoms with E-state index in [1.807, 2.05) is 0 Å². The van der Waals surface area contributed by atoms with Crippen LogP contribution < -0.4 is 10.2 Å². The number of hydrogen-bond donors (Lipinski definition) is 2. The van der Waals surface area contributed by atoms with Gasteiger partial charge in [-0.3, -0.25) is 4.98 Å². The molecule has 5 nitrogen and oxygen atoms in total. The van der Waals surface area contributed by atoms with Crippen molar-refractivity contribution in [3.8, 4) is 0 Å². The van der Waals surface area contributed by atoms with E-state index >= 15 is 0 Å². The molecule has 19 heavy (non-hydrogen) atoms. The summed E-state index contributed by atoms with van der Waals surface area (Å²) in [5, 5.41) is 12.5. The number of nitrogens with one attached hydrogen (secondary N) is 1. The van der Waals surface area contributed by atoms with Crippen LogP contribution in [0.1, 0.15) is 24.5 Å². The van der Waals surface area contributed by atoms with E-state index < -0.39 is 0 Å². The van der Waals surface area contributed by atoms with Gasteiger partial charge in [-0.15, -0.1) is 12.4 Å². The summed E-state index contributed by atoms with van der Waals surface area (Å²) in [6.07, 6.45) is 5.67. The molecule has 0 bridgehead atoms. The zero-order chi connectivity index (χ0) is 12.4. The zero-order valence-corrected chi connectivity index (χ0v) is 11.8. The van der Waals surface area contributed by atoms with Gasteiger partial charge in [-0.2, -0.15) is 0 Å². The first-order chi connectivity index (χ1) is 8.88. The van der Waals surface area contributed by atoms with Gasteiger partial charge < -0.3 is 15.3 Å². The number of halogens is 1. The average Bonchev–Trinajstić information content (AvgIpc) is 2.38. The van der Waals surface area contributed by atoms with E-state index in [0.29, 0.717) is 18.4 Å². The number of rotatable bonds is 3. The Labute approximate surface area is 119 Å². The normalized spacial score (nSPS) is 20.8. The van der Waals surface area contributed by atoms with Gasteiger partial charge in [0.2, 0.25) is 0 Å². The summed E-state index contributed by atoms with van der Waals surface area (Å²) in [6, 6.07) is 0. The molecule has 2 N–H and O–H groups in total. The number of piperidine rings is 1. The van der Waals surface area contributed by atoms with Crippen molar-refractivity contribution in [3.05, 3.63) is 18.1 Å². The highest BCUT2D eigenvalue weighted by atomic mass is 35.5. The number of aromatic nitrogens is 2. The van der Waals surface area contributed by atoms with Crippen molar-refractivity contribution in [2.45, 2.75) is 18.8 Å². The molecule has 0 unspecified atom stereocenters. The second kappa shape index (κ2) is 6.50. The molecule has 3 rings (SSSR count). The van der Waals surface area contributed by atoms with E-state index in [9.17, 15) is 5.11 Å². The van der Waals surface area contributed by atoms with Crippen LogP contribution in [0.25, 0.3) is 0 Å². The summed E-state index contributed by atoms with van der Waals surface area (Å²) in [5.74, 6) is 2.04. The van der Waals surface area contributed by atoms with Crippen LogP contribution in [0.3, 0.4) is 0 Å². The predicted molar refractivity (Wildman–Crippen MR) is 76.9 cm³/mol. The monoisotopic (exact) mass is 284 g/mol. The Kier molecular flexibility index (Phi) is 4.96. The van der Waals surface area contributed by atoms with E-state index in [0.717, 1.165) is 50.5 Å². The third-order valence-electron chi connectivity index (χ3n) is 4.05. The third kappa shape index (κ3) is 2.99. The molecule has 6 heteroatoms. The summed E-state index contributed by atoms with van der Waals surface area (Å²) in [7, 11) is 0. The summed E-state index contributed by atoms with van der Waals surface area (Å²) in [5.41, 5.74) is 1.14. The molecule has 0 aromatic carbocycles. The van der Waals surface area contributed by atoms with Crippen LogP contribution in [0.5, 0.6) is 0 Å². The molecule has 2 saturated heterocycles. The van der Waals surface area contributed by atoms with Crippen LogP contribution in [0, 0.1) is 5.92 Å². The first-order valence-corrected chi connectivity index (χ1v) is 6.76. The summed E-state index contributed by atoms with van der Waals surface area (Å²) >= 11 is 0. The molecule has 0 atom stereocenters. The largest absolute Gasteiger partial charge is 0.396 e. The van der Waals surface area contributed by atoms with Crippen LogP contribution in [-0.4, -0.2) is 47.9 Å². The molecule has 0 spiro atoms. The Balaban J connectivity index is 0.00000133. The molecule has 0 radical (unpaired) electrons. The van der Waals surface area contributed by atoms with Gasteiger partial charge in [-0.05, 0) is 18.8 Å². The van der Waals surface area contributed by atoms with Crippen molar-refractivity contribution in [3.63, 3.8) is 0 Å². The van der Waals surface area contributed by atoms with E-state index in [1.54, 1.807) is 12.4 Å². The smallest absolute Gasteiger partial charge is 0.150 e. The first kappa shape index (κ1) is 14.5. The molecule has 2 fully saturated rings. The molecule has 2 aliphatic rings. The van der Waals surface area contributed by atoms with E-state index in [1.165, 1.54) is 0 Å². The van der Waals surface area contributed by atoms with Crippen LogP contribution >= 0.6 is 12.4 Å². The molecular formula is C13H21ClN4O. The fraction of sp³-hybridized carbons (Fsp3) is 0.692. The highest BCUT2D eigenvalue weighted by molar-refractivity contribution is 5.85. The molecular weight excluding hydrogens is 264 g/mol. The van der Waals surface area contributed by atoms with Crippen LogP contribution in [0.15, 0.2) is 12.4 Å². The Morgan fingerprint density at radius 3 is 2.47 bits per heavy atom. The standard InChI is InChI=1S/C13H20N4O.ClH/c18-9-10-1-5-17(6-2-10)13-12(11-7-14-8-11)15-3-4-16-13;/h3-4,10-11,14,18H,1-2,5-9H2;1H. The Morgan fingerprint density at radius 2 is 1.89 bits per heavy atom. The second-order valence-corrected chi connectivity index (χ2v) is 5.23. The summed E-state index contributed by atoms with van der Waals surface area (Å²) in [6.45, 7) is 4.31. The van der Waals surface area contributed by atoms with Crippen molar-refractivity contribution in [1.82, 2.24) is 15.3 Å². The highest BCUT2D eigenvalue weighted by Gasteiger charge is 2.28. The first-order valence-electron chi connectivity index (χ1n) is 6.76. The highest BCUT2D eigenvalue weighted by Crippen LogP contribution is 2.29. The Morgan fingerprint density at radius 1 is 1.21 bits per heavy atom. The van der Waals surface area contributed by atoms with Crippen molar-refractivity contribution < 1.29 is 5.11 Å². The predicted octanol–water partition coefficient (Wildman–Crippen LogP) is 0.794. The lowest BCUT2D eigenvalue weighted by molar-refractivity contribution is 0.202. The fourth-order valence-electron chi connectivity index (χ4n) is 2.68. The van der Waals surface area contributed by atoms with Crippen molar-refractivity contribution in [1.29, 1.82) is 0 Å². The quantitative estimate of drug-likeness (QED) is 0.860. The molecule has 0 aliphatic carbocycles. The molecule has 1 aromatic heterocycles. The van der Waals surface area contributed by atoms with Gasteiger partial charge in [-0.25, -0.2) is 4.98 Å². The van der Waals surface area contributed by atoms with Crippen molar-refractivity contribution in [2.24, 2.45) is 5.92 Å². The third-order valence-corrected chi connectivity index (χ3v) is 4.05. The summed E-state index contributed by atoms with van der Waals surface area (Å²) in [4.78, 5) is 11.4. The number of aliphatic hydroxyl groups excluding tert-OH is 1. The Hall–Kier alpha value is -0.910. The topological polar surface area (TPSA) is 61.3 Å². The molecule has 2 aliphatic heterocycles. The van der Waals surface area contributed by atoms with Gasteiger partial charge >= 0.3 is 0 Å². The minimum Gasteiger partial charge on any atom is -0.396 e. The van der Waals surface area contributed by atoms with Gasteiger partial charge in [0.1, 0.15) is 0 Å². The van der Waals surface area contributed by atoms with Gasteiger partial charge in [0, 0.05) is 51.1 Å². The van der Waals surface area contributed by atoms with E-state index in [4.69, 9.17) is 0 Å². The number of hydrogen-bond acceptors (Lipinski definition) is 5. The SMILES string of the molecule is Cl.OCC1CCN(c2nccnc2C2CNC2)CC1. The minimum absolute atomic E-state index is 0. The van der Waals surface area contributed by atoms with Crippen LogP contribution in [0.2, 0.25) is 0 Å². The maximum Gasteiger partial charge on any atom is 0.150 e. The van der Waals surface area contributed by atoms with Gasteiger partial charge in [-0.1, -0.05) is 0 Å².